The highest BCUT2D eigenvalue weighted by atomic mass is 31.2. The molecule has 2 fully saturated rings. The molecule has 0 aromatic carbocycles. The van der Waals surface area contributed by atoms with Crippen LogP contribution in [0.5, 0.6) is 0 Å². The van der Waals surface area contributed by atoms with Crippen LogP contribution < -0.4 is 27.8 Å². The van der Waals surface area contributed by atoms with Gasteiger partial charge in [-0.2, -0.15) is 9.97 Å². The molecular formula is C26H39N9O16P2. The Morgan fingerprint density at radius 1 is 1.00 bits per heavy atom. The summed E-state index contributed by atoms with van der Waals surface area (Å²) in [6.45, 7) is -1.63. The number of ether oxygens (including phenoxy) is 3. The van der Waals surface area contributed by atoms with Gasteiger partial charge in [-0.25, -0.2) is 24.0 Å². The minimum atomic E-state index is -5.10. The zero-order valence-electron chi connectivity index (χ0n) is 27.8. The molecule has 3 aromatic heterocycles. The van der Waals surface area contributed by atoms with E-state index in [1.165, 1.54) is 30.3 Å². The average Bonchev–Trinajstić information content (AvgIpc) is 3.73. The summed E-state index contributed by atoms with van der Waals surface area (Å²) in [6.07, 6.45) is -8.55. The van der Waals surface area contributed by atoms with Gasteiger partial charge in [0.1, 0.15) is 42.4 Å². The molecule has 0 bridgehead atoms. The predicted octanol–water partition coefficient (Wildman–Crippen LogP) is -2.07. The lowest BCUT2D eigenvalue weighted by Crippen LogP contribution is -2.39. The van der Waals surface area contributed by atoms with E-state index in [9.17, 15) is 43.5 Å². The Bertz CT molecular complexity index is 1970. The Morgan fingerprint density at radius 2 is 1.72 bits per heavy atom. The predicted molar refractivity (Wildman–Crippen MR) is 177 cm³/mol. The zero-order chi connectivity index (χ0) is 38.7. The Morgan fingerprint density at radius 3 is 2.40 bits per heavy atom. The number of carboxylic acid groups (broad SMARTS) is 1. The van der Waals surface area contributed by atoms with Gasteiger partial charge in [0, 0.05) is 26.3 Å². The number of phosphoric ester groups is 1. The molecule has 5 rings (SSSR count). The van der Waals surface area contributed by atoms with Crippen molar-refractivity contribution in [2.75, 3.05) is 38.3 Å². The van der Waals surface area contributed by atoms with Crippen molar-refractivity contribution in [3.8, 4) is 0 Å². The maximum absolute atomic E-state index is 14.5. The number of unbranched alkanes of at least 4 members (excludes halogenated alkanes) is 2. The number of fused-ring (bicyclic) bond motifs is 1. The van der Waals surface area contributed by atoms with Gasteiger partial charge < -0.3 is 50.8 Å². The zero-order valence-corrected chi connectivity index (χ0v) is 29.6. The molecule has 294 valence electrons. The number of nitrogens with two attached hydrogens (primary N) is 2. The number of aliphatic carboxylic acids is 1. The van der Waals surface area contributed by atoms with Crippen molar-refractivity contribution in [1.29, 1.82) is 0 Å². The number of nitrogen functional groups attached to an aromatic ring is 2. The lowest BCUT2D eigenvalue weighted by Gasteiger charge is -2.29. The molecule has 53 heavy (non-hydrogen) atoms. The van der Waals surface area contributed by atoms with Crippen LogP contribution in [0.1, 0.15) is 38.1 Å². The molecule has 27 heteroatoms. The van der Waals surface area contributed by atoms with Crippen LogP contribution in [-0.2, 0) is 41.7 Å². The molecule has 2 aliphatic rings. The quantitative estimate of drug-likeness (QED) is 0.0493. The molecule has 3 aromatic rings. The number of methoxy groups -OCH3 is 1. The van der Waals surface area contributed by atoms with E-state index in [1.807, 2.05) is 0 Å². The summed E-state index contributed by atoms with van der Waals surface area (Å²) < 4.78 is 62.0. The highest BCUT2D eigenvalue weighted by Crippen LogP contribution is 2.51. The monoisotopic (exact) mass is 795 g/mol. The third-order valence-electron chi connectivity index (χ3n) is 8.19. The summed E-state index contributed by atoms with van der Waals surface area (Å²) in [4.78, 5) is 68.7. The summed E-state index contributed by atoms with van der Waals surface area (Å²) >= 11 is 0. The number of H-pyrrole nitrogens is 1. The van der Waals surface area contributed by atoms with Crippen LogP contribution >= 0.6 is 15.6 Å². The highest BCUT2D eigenvalue weighted by Gasteiger charge is 2.52. The van der Waals surface area contributed by atoms with Gasteiger partial charge in [-0.05, 0) is 18.9 Å². The van der Waals surface area contributed by atoms with Crippen molar-refractivity contribution in [3.63, 3.8) is 0 Å². The Hall–Kier alpha value is -3.68. The lowest BCUT2D eigenvalue weighted by molar-refractivity contribution is -0.137. The van der Waals surface area contributed by atoms with Crippen LogP contribution in [-0.4, -0.2) is 124 Å². The minimum Gasteiger partial charge on any atom is -0.481 e. The Labute approximate surface area is 298 Å². The van der Waals surface area contributed by atoms with E-state index in [2.05, 4.69) is 25.0 Å². The van der Waals surface area contributed by atoms with Gasteiger partial charge >= 0.3 is 27.2 Å². The van der Waals surface area contributed by atoms with Gasteiger partial charge in [-0.15, -0.1) is 0 Å². The molecular weight excluding hydrogens is 756 g/mol. The van der Waals surface area contributed by atoms with Gasteiger partial charge in [0.25, 0.3) is 5.56 Å². The summed E-state index contributed by atoms with van der Waals surface area (Å²) in [5.74, 6) is -1.36. The van der Waals surface area contributed by atoms with Crippen molar-refractivity contribution < 1.29 is 66.8 Å². The molecule has 11 N–H and O–H groups in total. The fourth-order valence-electron chi connectivity index (χ4n) is 5.70. The number of anilines is 2. The van der Waals surface area contributed by atoms with E-state index in [-0.39, 0.29) is 42.3 Å². The van der Waals surface area contributed by atoms with E-state index in [0.29, 0.717) is 12.8 Å². The van der Waals surface area contributed by atoms with E-state index in [0.717, 1.165) is 4.57 Å². The van der Waals surface area contributed by atoms with Gasteiger partial charge in [-0.3, -0.25) is 37.3 Å². The number of aliphatic hydroxyl groups excluding tert-OH is 2. The minimum absolute atomic E-state index is 0.0663. The van der Waals surface area contributed by atoms with Crippen LogP contribution in [0, 0.1) is 0 Å². The van der Waals surface area contributed by atoms with E-state index >= 15 is 0 Å². The third-order valence-corrected chi connectivity index (χ3v) is 10.3. The number of nitrogens with one attached hydrogen (secondary N) is 2. The van der Waals surface area contributed by atoms with Crippen LogP contribution in [0.3, 0.4) is 0 Å². The number of hydrogen-bond acceptors (Lipinski definition) is 18. The first-order valence-electron chi connectivity index (χ1n) is 15.9. The van der Waals surface area contributed by atoms with E-state index in [1.54, 1.807) is 0 Å². The number of aliphatic hydroxyl groups is 2. The maximum atomic E-state index is 14.5. The number of aromatic nitrogens is 6. The average molecular weight is 796 g/mol. The number of imidazole rings is 1. The Balaban J connectivity index is 1.41. The molecule has 0 aliphatic carbocycles. The molecule has 0 amide bonds. The number of carbonyl (C=O) groups is 1. The van der Waals surface area contributed by atoms with E-state index < -0.39 is 95.1 Å². The molecule has 0 spiro atoms. The number of phosphoric acid groups is 1. The van der Waals surface area contributed by atoms with Gasteiger partial charge in [0.05, 0.1) is 19.5 Å². The molecule has 1 unspecified atom stereocenters. The second-order valence-electron chi connectivity index (χ2n) is 11.9. The summed E-state index contributed by atoms with van der Waals surface area (Å²) in [6, 6.07) is 1.27. The second-order valence-corrected chi connectivity index (χ2v) is 14.9. The summed E-state index contributed by atoms with van der Waals surface area (Å²) in [7, 11) is -8.50. The first-order chi connectivity index (χ1) is 25.0. The topological polar surface area (TPSA) is 370 Å². The number of hydrogen-bond donors (Lipinski definition) is 9. The molecule has 2 saturated heterocycles. The fourth-order valence-corrected chi connectivity index (χ4v) is 7.62. The van der Waals surface area contributed by atoms with Crippen LogP contribution in [0.4, 0.5) is 11.8 Å². The summed E-state index contributed by atoms with van der Waals surface area (Å²) in [5, 5.41) is 33.0. The smallest absolute Gasteiger partial charge is 0.469 e. The van der Waals surface area contributed by atoms with Gasteiger partial charge in [0.2, 0.25) is 5.95 Å². The van der Waals surface area contributed by atoms with Crippen molar-refractivity contribution in [1.82, 2.24) is 34.2 Å². The first kappa shape index (κ1) is 40.5. The molecule has 0 radical (unpaired) electrons. The van der Waals surface area contributed by atoms with Crippen molar-refractivity contribution in [3.05, 3.63) is 39.4 Å². The fraction of sp³-hybridized carbons (Fsp3) is 0.615. The second kappa shape index (κ2) is 16.8. The highest BCUT2D eigenvalue weighted by molar-refractivity contribution is 7.51. The van der Waals surface area contributed by atoms with Crippen LogP contribution in [0.15, 0.2) is 28.2 Å². The summed E-state index contributed by atoms with van der Waals surface area (Å²) in [5.41, 5.74) is 9.49. The standard InChI is InChI=1S/C26H39N9O16P2/c1-46-20-19(13(10-48-53(43,44)45)50-24(20)35-11-29-16-21(35)32-25(28)33-22(16)40)51-52(42,30-7-4-2-3-5-15(36)37)47-9-12-17(38)18(39)23(49-12)34-8-6-14(27)31-26(34)41/h6,8,11-13,17-20,23-24,38-39H,2-5,7,9-10H2,1H3,(H,30,42)(H,36,37)(H2,27,31,41)(H2,43,44,45)(H3,28,32,33,40)/t12-,13-,17-,18-,19-,20-,23-,24-,52?/m1/s1. The molecule has 9 atom stereocenters. The largest absolute Gasteiger partial charge is 0.481 e. The van der Waals surface area contributed by atoms with Crippen molar-refractivity contribution in [2.45, 2.75) is 74.8 Å². The maximum Gasteiger partial charge on any atom is 0.469 e. The normalized spacial score (nSPS) is 27.3. The molecule has 5 heterocycles. The molecule has 25 nitrogen and oxygen atoms in total. The van der Waals surface area contributed by atoms with Crippen molar-refractivity contribution >= 4 is 44.5 Å². The number of rotatable bonds is 18. The van der Waals surface area contributed by atoms with Crippen LogP contribution in [0.2, 0.25) is 0 Å². The SMILES string of the molecule is CO[C@@H]1[C@H](OP(=O)(NCCCCCC(=O)O)OC[C@H]2O[C@@H](n3ccc(N)nc3=O)[C@H](O)[C@@H]2O)[C@@H](COP(=O)(O)O)O[C@H]1n1cnc2c(=O)[nH]c(N)nc21. The lowest BCUT2D eigenvalue weighted by atomic mass is 10.1. The Kier molecular flexibility index (Phi) is 12.8. The number of aromatic amines is 1. The third kappa shape index (κ3) is 9.71. The van der Waals surface area contributed by atoms with Gasteiger partial charge in [0.15, 0.2) is 23.6 Å². The van der Waals surface area contributed by atoms with E-state index in [4.69, 9.17) is 44.4 Å². The van der Waals surface area contributed by atoms with Crippen molar-refractivity contribution in [2.24, 2.45) is 0 Å². The number of nitrogens with zero attached hydrogens (tertiary/aromatic N) is 5. The molecule has 2 aliphatic heterocycles. The number of carboxylic acids is 1. The van der Waals surface area contributed by atoms with Crippen LogP contribution in [0.25, 0.3) is 11.2 Å². The molecule has 0 saturated carbocycles. The van der Waals surface area contributed by atoms with Gasteiger partial charge in [-0.1, -0.05) is 6.42 Å². The first-order valence-corrected chi connectivity index (χ1v) is 18.9.